The number of fused-ring (bicyclic) bond motifs is 3. The molecule has 7 atom stereocenters. The van der Waals surface area contributed by atoms with E-state index >= 15 is 0 Å². The third kappa shape index (κ3) is 7.20. The van der Waals surface area contributed by atoms with E-state index in [0.717, 1.165) is 6.42 Å². The first-order chi connectivity index (χ1) is 23.7. The number of halogens is 1. The lowest BCUT2D eigenvalue weighted by Crippen LogP contribution is -2.59. The lowest BCUT2D eigenvalue weighted by Gasteiger charge is -2.31. The summed E-state index contributed by atoms with van der Waals surface area (Å²) in [6.07, 6.45) is 6.15. The van der Waals surface area contributed by atoms with Crippen LogP contribution in [0.15, 0.2) is 36.5 Å². The fourth-order valence-electron chi connectivity index (χ4n) is 7.06. The Labute approximate surface area is 295 Å². The zero-order valence-electron chi connectivity index (χ0n) is 28.1. The Kier molecular flexibility index (Phi) is 9.92. The van der Waals surface area contributed by atoms with E-state index in [-0.39, 0.29) is 31.2 Å². The highest BCUT2D eigenvalue weighted by atomic mass is 35.5. The molecular weight excluding hydrogens is 690 g/mol. The van der Waals surface area contributed by atoms with Crippen molar-refractivity contribution < 1.29 is 42.2 Å². The summed E-state index contributed by atoms with van der Waals surface area (Å²) in [4.78, 5) is 59.8. The second-order valence-electron chi connectivity index (χ2n) is 13.9. The number of rotatable bonds is 7. The van der Waals surface area contributed by atoms with Crippen LogP contribution in [0.4, 0.5) is 4.79 Å². The van der Waals surface area contributed by atoms with Gasteiger partial charge in [-0.3, -0.25) is 19.1 Å². The maximum atomic E-state index is 14.3. The van der Waals surface area contributed by atoms with Crippen molar-refractivity contribution in [1.82, 2.24) is 25.2 Å². The smallest absolute Gasteiger partial charge is 0.405 e. The Morgan fingerprint density at radius 2 is 1.90 bits per heavy atom. The Bertz CT molecular complexity index is 1840. The van der Waals surface area contributed by atoms with Crippen LogP contribution in [-0.4, -0.2) is 89.9 Å². The number of carbonyl (C=O) groups excluding carboxylic acids is 3. The van der Waals surface area contributed by atoms with Crippen LogP contribution in [0.3, 0.4) is 0 Å². The predicted molar refractivity (Wildman–Crippen MR) is 183 cm³/mol. The van der Waals surface area contributed by atoms with Gasteiger partial charge >= 0.3 is 6.09 Å². The van der Waals surface area contributed by atoms with Gasteiger partial charge < -0.3 is 30.1 Å². The van der Waals surface area contributed by atoms with Gasteiger partial charge in [-0.05, 0) is 56.1 Å². The van der Waals surface area contributed by atoms with Crippen LogP contribution in [-0.2, 0) is 24.4 Å². The number of methoxy groups -OCH3 is 1. The number of nitrogens with zero attached hydrogens (tertiary/aromatic N) is 2. The third-order valence-corrected chi connectivity index (χ3v) is 12.3. The van der Waals surface area contributed by atoms with E-state index in [1.54, 1.807) is 25.1 Å². The van der Waals surface area contributed by atoms with Gasteiger partial charge in [0.15, 0.2) is 0 Å². The Morgan fingerprint density at radius 3 is 2.60 bits per heavy atom. The van der Waals surface area contributed by atoms with Crippen LogP contribution in [0.25, 0.3) is 10.8 Å². The topological polar surface area (TPSA) is 193 Å². The van der Waals surface area contributed by atoms with Gasteiger partial charge in [0.2, 0.25) is 27.7 Å². The van der Waals surface area contributed by atoms with E-state index in [9.17, 15) is 32.7 Å². The molecule has 16 heteroatoms. The van der Waals surface area contributed by atoms with Crippen LogP contribution in [0.5, 0.6) is 11.6 Å². The highest BCUT2D eigenvalue weighted by Gasteiger charge is 2.62. The molecule has 270 valence electrons. The molecule has 4 aliphatic rings. The number of benzene rings is 1. The minimum absolute atomic E-state index is 0.0167. The Balaban J connectivity index is 1.34. The molecule has 3 heterocycles. The second kappa shape index (κ2) is 13.9. The molecular formula is C34H42ClN5O9S. The quantitative estimate of drug-likeness (QED) is 0.307. The minimum atomic E-state index is -3.91. The summed E-state index contributed by atoms with van der Waals surface area (Å²) in [5.74, 6) is -2.28. The van der Waals surface area contributed by atoms with E-state index in [1.165, 1.54) is 18.2 Å². The molecule has 4 N–H and O–H groups in total. The second-order valence-corrected chi connectivity index (χ2v) is 16.3. The average Bonchev–Trinajstić information content (AvgIpc) is 3.99. The summed E-state index contributed by atoms with van der Waals surface area (Å²) < 4.78 is 39.5. The highest BCUT2D eigenvalue weighted by molar-refractivity contribution is 7.91. The zero-order chi connectivity index (χ0) is 36.0. The molecule has 2 aliphatic carbocycles. The number of amides is 4. The zero-order valence-corrected chi connectivity index (χ0v) is 29.6. The molecule has 1 aromatic carbocycles. The summed E-state index contributed by atoms with van der Waals surface area (Å²) in [6, 6.07) is 2.85. The van der Waals surface area contributed by atoms with E-state index in [0.29, 0.717) is 47.2 Å². The van der Waals surface area contributed by atoms with Crippen LogP contribution in [0, 0.1) is 17.8 Å². The predicted octanol–water partition coefficient (Wildman–Crippen LogP) is 3.38. The molecule has 6 rings (SSSR count). The fourth-order valence-corrected chi connectivity index (χ4v) is 8.69. The van der Waals surface area contributed by atoms with Gasteiger partial charge in [0.25, 0.3) is 5.91 Å². The van der Waals surface area contributed by atoms with Gasteiger partial charge in [-0.15, -0.1) is 0 Å². The molecule has 1 saturated heterocycles. The summed E-state index contributed by atoms with van der Waals surface area (Å²) >= 11 is 6.49. The molecule has 0 spiro atoms. The number of pyridine rings is 1. The normalized spacial score (nSPS) is 30.9. The number of carbonyl (C=O) groups is 4. The molecule has 14 nitrogen and oxygen atoms in total. The summed E-state index contributed by atoms with van der Waals surface area (Å²) in [5.41, 5.74) is -1.54. The van der Waals surface area contributed by atoms with Gasteiger partial charge in [0.1, 0.15) is 29.5 Å². The van der Waals surface area contributed by atoms with Crippen molar-refractivity contribution in [2.75, 3.05) is 13.7 Å². The number of ether oxygens (including phenoxy) is 2. The summed E-state index contributed by atoms with van der Waals surface area (Å²) in [5, 5.41) is 15.8. The fraction of sp³-hybridized carbons (Fsp3) is 0.559. The van der Waals surface area contributed by atoms with E-state index in [2.05, 4.69) is 20.3 Å². The van der Waals surface area contributed by atoms with Crippen molar-refractivity contribution in [1.29, 1.82) is 0 Å². The minimum Gasteiger partial charge on any atom is -0.494 e. The average molecular weight is 732 g/mol. The van der Waals surface area contributed by atoms with E-state index < -0.39 is 74.7 Å². The van der Waals surface area contributed by atoms with Crippen LogP contribution in [0.1, 0.15) is 58.8 Å². The summed E-state index contributed by atoms with van der Waals surface area (Å²) in [6.45, 7) is 3.71. The Hall–Kier alpha value is -4.11. The van der Waals surface area contributed by atoms with Gasteiger partial charge in [-0.1, -0.05) is 50.1 Å². The van der Waals surface area contributed by atoms with Gasteiger partial charge in [-0.2, -0.15) is 0 Å². The Morgan fingerprint density at radius 1 is 1.14 bits per heavy atom. The molecule has 0 bridgehead atoms. The van der Waals surface area contributed by atoms with Crippen molar-refractivity contribution in [3.8, 4) is 11.6 Å². The van der Waals surface area contributed by atoms with Crippen LogP contribution >= 0.6 is 11.6 Å². The molecule has 1 aromatic heterocycles. The lowest BCUT2D eigenvalue weighted by atomic mass is 9.92. The third-order valence-electron chi connectivity index (χ3n) is 10.2. The van der Waals surface area contributed by atoms with Gasteiger partial charge in [0, 0.05) is 23.1 Å². The number of aromatic nitrogens is 1. The number of hydrogen-bond donors (Lipinski definition) is 4. The molecule has 1 unspecified atom stereocenters. The lowest BCUT2D eigenvalue weighted by molar-refractivity contribution is -0.142. The van der Waals surface area contributed by atoms with Crippen LogP contribution < -0.4 is 24.8 Å². The van der Waals surface area contributed by atoms with Crippen molar-refractivity contribution in [3.05, 3.63) is 41.6 Å². The van der Waals surface area contributed by atoms with Crippen molar-refractivity contribution in [3.63, 3.8) is 0 Å². The highest BCUT2D eigenvalue weighted by Crippen LogP contribution is 2.46. The maximum absolute atomic E-state index is 14.3. The number of carboxylic acid groups (broad SMARTS) is 1. The monoisotopic (exact) mass is 731 g/mol. The first-order valence-electron chi connectivity index (χ1n) is 16.9. The van der Waals surface area contributed by atoms with Crippen molar-refractivity contribution >= 4 is 56.2 Å². The van der Waals surface area contributed by atoms with Gasteiger partial charge in [-0.25, -0.2) is 18.2 Å². The first kappa shape index (κ1) is 35.7. The standard InChI is InChI=1S/C34H42ClN5O9S/c1-18-6-4-7-19(2)28(37-33(44)45)31(42)40-17-21(49-30-23-8-5-9-24(35)27(23)26(48-3)16-36-30)14-25(40)29(41)38-34(15-20(34)11-10-18)32(43)39-50(46,47)22-12-13-22/h5,8-11,16,18-22,25,28,37H,4,6-7,12-15,17H2,1-3H3,(H,38,41)(H,39,43)(H,44,45)/b11-10-/t18?,19-,20-,21-,25+,28+,34-/m1/s1. The molecule has 0 radical (unpaired) electrons. The largest absolute Gasteiger partial charge is 0.494 e. The van der Waals surface area contributed by atoms with E-state index in [4.69, 9.17) is 21.1 Å². The number of nitrogens with one attached hydrogen (secondary N) is 3. The SMILES string of the molecule is COc1cnc(O[C@@H]2C[C@H]3C(=O)N[C@]4(C(=O)NS(=O)(=O)C5CC5)C[C@H]4/C=C\C(C)CCC[C@@H](C)[C@H](NC(=O)O)C(=O)N3C2)c2cccc(Cl)c12. The van der Waals surface area contributed by atoms with Crippen molar-refractivity contribution in [2.24, 2.45) is 17.8 Å². The molecule has 4 amide bonds. The van der Waals surface area contributed by atoms with Crippen LogP contribution in [0.2, 0.25) is 5.02 Å². The van der Waals surface area contributed by atoms with Gasteiger partial charge in [0.05, 0.1) is 30.1 Å². The molecule has 2 aromatic rings. The molecule has 3 fully saturated rings. The maximum Gasteiger partial charge on any atom is 0.405 e. The van der Waals surface area contributed by atoms with E-state index in [1.807, 2.05) is 19.1 Å². The van der Waals surface area contributed by atoms with Crippen molar-refractivity contribution in [2.45, 2.75) is 87.8 Å². The molecule has 50 heavy (non-hydrogen) atoms. The number of allylic oxidation sites excluding steroid dienone is 1. The molecule has 2 aliphatic heterocycles. The number of hydrogen-bond acceptors (Lipinski definition) is 9. The first-order valence-corrected chi connectivity index (χ1v) is 18.8. The summed E-state index contributed by atoms with van der Waals surface area (Å²) in [7, 11) is -2.42. The number of sulfonamides is 1. The molecule has 2 saturated carbocycles.